The number of benzene rings is 2. The van der Waals surface area contributed by atoms with Gasteiger partial charge in [-0.25, -0.2) is 9.97 Å². The van der Waals surface area contributed by atoms with E-state index in [1.54, 1.807) is 18.3 Å². The highest BCUT2D eigenvalue weighted by molar-refractivity contribution is 6.31. The highest BCUT2D eigenvalue weighted by Gasteiger charge is 2.21. The number of hydrogen-bond donors (Lipinski definition) is 3. The predicted molar refractivity (Wildman–Crippen MR) is 109 cm³/mol. The van der Waals surface area contributed by atoms with E-state index in [1.807, 2.05) is 30.3 Å². The van der Waals surface area contributed by atoms with Crippen LogP contribution in [-0.2, 0) is 11.2 Å². The molecule has 1 amide bonds. The van der Waals surface area contributed by atoms with Gasteiger partial charge in [0, 0.05) is 33.6 Å². The van der Waals surface area contributed by atoms with Crippen LogP contribution in [0.25, 0.3) is 11.3 Å². The quantitative estimate of drug-likeness (QED) is 0.584. The van der Waals surface area contributed by atoms with Crippen LogP contribution in [0, 0.1) is 11.8 Å². The summed E-state index contributed by atoms with van der Waals surface area (Å²) in [7, 11) is 0. The molecule has 3 N–H and O–H groups in total. The van der Waals surface area contributed by atoms with Crippen LogP contribution in [-0.4, -0.2) is 27.6 Å². The zero-order valence-electron chi connectivity index (χ0n) is 14.7. The number of carbonyl (C=O) groups is 1. The minimum atomic E-state index is -0.174. The van der Waals surface area contributed by atoms with E-state index in [0.717, 1.165) is 22.4 Å². The summed E-state index contributed by atoms with van der Waals surface area (Å²) in [4.78, 5) is 21.1. The monoisotopic (exact) mass is 390 g/mol. The first-order valence-corrected chi connectivity index (χ1v) is 8.93. The standard InChI is InChI=1S/C21H15ClN4O2/c22-15-5-8-17-18(11-15)25-19(28)10-14-12-23-21(26-20(14)17)24-16-6-3-13(4-7-16)2-1-9-27/h3-8,11-12,27H,9-10H2,(H,25,28)(H,23,24,26). The summed E-state index contributed by atoms with van der Waals surface area (Å²) in [6.07, 6.45) is 1.86. The van der Waals surface area contributed by atoms with Crippen LogP contribution in [0.2, 0.25) is 5.02 Å². The summed E-state index contributed by atoms with van der Waals surface area (Å²) in [5, 5.41) is 15.3. The summed E-state index contributed by atoms with van der Waals surface area (Å²) < 4.78 is 0. The van der Waals surface area contributed by atoms with Gasteiger partial charge in [0.15, 0.2) is 0 Å². The number of rotatable bonds is 2. The number of halogens is 1. The number of carbonyl (C=O) groups excluding carboxylic acids is 1. The molecule has 6 nitrogen and oxygen atoms in total. The van der Waals surface area contributed by atoms with Gasteiger partial charge in [0.2, 0.25) is 11.9 Å². The van der Waals surface area contributed by atoms with Crippen molar-refractivity contribution in [2.24, 2.45) is 0 Å². The molecule has 0 aliphatic carbocycles. The van der Waals surface area contributed by atoms with Crippen LogP contribution >= 0.6 is 11.6 Å². The smallest absolute Gasteiger partial charge is 0.228 e. The third kappa shape index (κ3) is 3.81. The third-order valence-corrected chi connectivity index (χ3v) is 4.41. The average molecular weight is 391 g/mol. The van der Waals surface area contributed by atoms with E-state index in [4.69, 9.17) is 16.7 Å². The van der Waals surface area contributed by atoms with E-state index in [1.165, 1.54) is 0 Å². The van der Waals surface area contributed by atoms with Crippen LogP contribution in [0.3, 0.4) is 0 Å². The van der Waals surface area contributed by atoms with E-state index >= 15 is 0 Å². The molecule has 0 radical (unpaired) electrons. The molecule has 3 aromatic rings. The normalized spacial score (nSPS) is 12.0. The highest BCUT2D eigenvalue weighted by atomic mass is 35.5. The van der Waals surface area contributed by atoms with Crippen LogP contribution < -0.4 is 10.6 Å². The molecule has 0 bridgehead atoms. The molecule has 7 heteroatoms. The van der Waals surface area contributed by atoms with Crippen molar-refractivity contribution in [2.45, 2.75) is 6.42 Å². The van der Waals surface area contributed by atoms with Crippen molar-refractivity contribution in [3.63, 3.8) is 0 Å². The molecule has 4 rings (SSSR count). The second-order valence-corrected chi connectivity index (χ2v) is 6.58. The summed E-state index contributed by atoms with van der Waals surface area (Å²) in [5.74, 6) is 5.74. The fourth-order valence-electron chi connectivity index (χ4n) is 2.93. The van der Waals surface area contributed by atoms with Gasteiger partial charge in [-0.3, -0.25) is 4.79 Å². The fourth-order valence-corrected chi connectivity index (χ4v) is 3.10. The van der Waals surface area contributed by atoms with E-state index in [-0.39, 0.29) is 18.9 Å². The van der Waals surface area contributed by atoms with Gasteiger partial charge in [0.1, 0.15) is 6.61 Å². The summed E-state index contributed by atoms with van der Waals surface area (Å²) in [6.45, 7) is -0.174. The Morgan fingerprint density at radius 1 is 1.21 bits per heavy atom. The van der Waals surface area contributed by atoms with Crippen molar-refractivity contribution in [3.05, 3.63) is 64.8 Å². The number of fused-ring (bicyclic) bond motifs is 3. The fraction of sp³-hybridized carbons (Fsp3) is 0.0952. The molecule has 0 saturated heterocycles. The number of aromatic nitrogens is 2. The molecule has 1 aliphatic heterocycles. The average Bonchev–Trinajstić information content (AvgIpc) is 2.82. The zero-order chi connectivity index (χ0) is 19.5. The second-order valence-electron chi connectivity index (χ2n) is 6.14. The first-order chi connectivity index (χ1) is 13.6. The summed E-state index contributed by atoms with van der Waals surface area (Å²) in [5.41, 5.74) is 4.47. The molecule has 0 saturated carbocycles. The van der Waals surface area contributed by atoms with E-state index in [2.05, 4.69) is 32.4 Å². The number of nitrogens with zero attached hydrogens (tertiary/aromatic N) is 2. The van der Waals surface area contributed by atoms with Crippen LogP contribution in [0.5, 0.6) is 0 Å². The van der Waals surface area contributed by atoms with Gasteiger partial charge in [0.05, 0.1) is 17.8 Å². The molecule has 2 aromatic carbocycles. The number of aliphatic hydroxyl groups is 1. The Balaban J connectivity index is 1.67. The Hall–Kier alpha value is -3.40. The number of nitrogens with one attached hydrogen (secondary N) is 2. The number of amides is 1. The van der Waals surface area contributed by atoms with Crippen molar-refractivity contribution in [1.29, 1.82) is 0 Å². The molecule has 138 valence electrons. The van der Waals surface area contributed by atoms with Gasteiger partial charge in [-0.1, -0.05) is 23.4 Å². The lowest BCUT2D eigenvalue weighted by atomic mass is 10.1. The van der Waals surface area contributed by atoms with Gasteiger partial charge in [-0.05, 0) is 42.5 Å². The van der Waals surface area contributed by atoms with Crippen LogP contribution in [0.1, 0.15) is 11.1 Å². The maximum atomic E-state index is 12.2. The topological polar surface area (TPSA) is 87.1 Å². The maximum absolute atomic E-state index is 12.2. The maximum Gasteiger partial charge on any atom is 0.228 e. The highest BCUT2D eigenvalue weighted by Crippen LogP contribution is 2.34. The first kappa shape index (κ1) is 18.0. The van der Waals surface area contributed by atoms with Crippen molar-refractivity contribution in [1.82, 2.24) is 9.97 Å². The Bertz CT molecular complexity index is 1120. The molecule has 2 heterocycles. The minimum absolute atomic E-state index is 0.133. The lowest BCUT2D eigenvalue weighted by Crippen LogP contribution is -2.12. The van der Waals surface area contributed by atoms with Gasteiger partial charge in [-0.2, -0.15) is 0 Å². The van der Waals surface area contributed by atoms with Crippen molar-refractivity contribution in [3.8, 4) is 23.1 Å². The molecular formula is C21H15ClN4O2. The molecule has 0 atom stereocenters. The summed E-state index contributed by atoms with van der Waals surface area (Å²) in [6, 6.07) is 12.7. The molecule has 0 unspecified atom stereocenters. The third-order valence-electron chi connectivity index (χ3n) is 4.18. The molecule has 1 aromatic heterocycles. The lowest BCUT2D eigenvalue weighted by molar-refractivity contribution is -0.115. The van der Waals surface area contributed by atoms with Crippen molar-refractivity contribution >= 4 is 34.8 Å². The Labute approximate surface area is 166 Å². The van der Waals surface area contributed by atoms with Gasteiger partial charge >= 0.3 is 0 Å². The first-order valence-electron chi connectivity index (χ1n) is 8.55. The number of aliphatic hydroxyl groups excluding tert-OH is 1. The summed E-state index contributed by atoms with van der Waals surface area (Å²) >= 11 is 6.07. The Kier molecular flexibility index (Phi) is 4.94. The van der Waals surface area contributed by atoms with Crippen molar-refractivity contribution < 1.29 is 9.90 Å². The number of hydrogen-bond acceptors (Lipinski definition) is 5. The predicted octanol–water partition coefficient (Wildman–Crippen LogP) is 3.38. The van der Waals surface area contributed by atoms with Crippen molar-refractivity contribution in [2.75, 3.05) is 17.2 Å². The largest absolute Gasteiger partial charge is 0.384 e. The molecule has 0 spiro atoms. The zero-order valence-corrected chi connectivity index (χ0v) is 15.4. The van der Waals surface area contributed by atoms with E-state index in [0.29, 0.717) is 22.4 Å². The lowest BCUT2D eigenvalue weighted by Gasteiger charge is -2.11. The van der Waals surface area contributed by atoms with Crippen LogP contribution in [0.4, 0.5) is 17.3 Å². The minimum Gasteiger partial charge on any atom is -0.384 e. The van der Waals surface area contributed by atoms with Gasteiger partial charge in [0.25, 0.3) is 0 Å². The number of anilines is 3. The Morgan fingerprint density at radius 2 is 2.04 bits per heavy atom. The molecule has 1 aliphatic rings. The van der Waals surface area contributed by atoms with E-state index < -0.39 is 0 Å². The van der Waals surface area contributed by atoms with Crippen LogP contribution in [0.15, 0.2) is 48.7 Å². The SMILES string of the molecule is O=C1Cc2cnc(Nc3ccc(C#CCO)cc3)nc2-c2ccc(Cl)cc2N1. The molecular weight excluding hydrogens is 376 g/mol. The Morgan fingerprint density at radius 3 is 2.82 bits per heavy atom. The second kappa shape index (κ2) is 7.69. The van der Waals surface area contributed by atoms with Gasteiger partial charge < -0.3 is 15.7 Å². The van der Waals surface area contributed by atoms with E-state index in [9.17, 15) is 4.79 Å². The van der Waals surface area contributed by atoms with Gasteiger partial charge in [-0.15, -0.1) is 0 Å². The molecule has 28 heavy (non-hydrogen) atoms. The molecule has 0 fully saturated rings.